The molecule has 2 heterocycles. The van der Waals surface area contributed by atoms with Gasteiger partial charge in [-0.15, -0.1) is 0 Å². The van der Waals surface area contributed by atoms with Crippen LogP contribution in [0.15, 0.2) is 57.6 Å². The molecule has 84 valence electrons. The number of hydrogen-bond donors (Lipinski definition) is 0. The molecule has 3 heteroatoms. The molecule has 2 aromatic heterocycles. The third-order valence-corrected chi connectivity index (χ3v) is 3.55. The van der Waals surface area contributed by atoms with Gasteiger partial charge in [0.2, 0.25) is 5.71 Å². The number of rotatable bonds is 2. The van der Waals surface area contributed by atoms with Gasteiger partial charge in [0.15, 0.2) is 0 Å². The van der Waals surface area contributed by atoms with E-state index in [0.717, 1.165) is 22.0 Å². The predicted octanol–water partition coefficient (Wildman–Crippen LogP) is 4.18. The summed E-state index contributed by atoms with van der Waals surface area (Å²) in [7, 11) is 0. The summed E-state index contributed by atoms with van der Waals surface area (Å²) in [6.07, 6.45) is 2.52. The standard InChI is InChI=1S/C14H10BrNO/c15-13-11-7-4-8-16-14(11)17-12(13)9-10-5-2-1-3-6-10/h1-8H,9H2. The maximum absolute atomic E-state index is 5.74. The van der Waals surface area contributed by atoms with Crippen molar-refractivity contribution in [2.75, 3.05) is 0 Å². The van der Waals surface area contributed by atoms with Gasteiger partial charge < -0.3 is 4.42 Å². The number of furan rings is 1. The van der Waals surface area contributed by atoms with Crippen LogP contribution in [0.25, 0.3) is 11.1 Å². The first-order valence-electron chi connectivity index (χ1n) is 5.40. The zero-order chi connectivity index (χ0) is 11.7. The lowest BCUT2D eigenvalue weighted by Crippen LogP contribution is -1.85. The van der Waals surface area contributed by atoms with Gasteiger partial charge in [-0.05, 0) is 33.6 Å². The van der Waals surface area contributed by atoms with Crippen molar-refractivity contribution in [2.45, 2.75) is 6.42 Å². The lowest BCUT2D eigenvalue weighted by Gasteiger charge is -1.97. The van der Waals surface area contributed by atoms with Crippen LogP contribution in [0.2, 0.25) is 0 Å². The van der Waals surface area contributed by atoms with Crippen LogP contribution < -0.4 is 0 Å². The van der Waals surface area contributed by atoms with Crippen molar-refractivity contribution in [3.05, 3.63) is 64.5 Å². The molecule has 0 saturated heterocycles. The van der Waals surface area contributed by atoms with Gasteiger partial charge in [-0.2, -0.15) is 0 Å². The quantitative estimate of drug-likeness (QED) is 0.707. The molecular weight excluding hydrogens is 278 g/mol. The Bertz CT molecular complexity index is 646. The molecule has 0 atom stereocenters. The zero-order valence-corrected chi connectivity index (χ0v) is 10.6. The highest BCUT2D eigenvalue weighted by Crippen LogP contribution is 2.30. The second-order valence-electron chi connectivity index (χ2n) is 3.86. The van der Waals surface area contributed by atoms with Crippen molar-refractivity contribution in [1.82, 2.24) is 4.98 Å². The monoisotopic (exact) mass is 287 g/mol. The summed E-state index contributed by atoms with van der Waals surface area (Å²) in [6.45, 7) is 0. The summed E-state index contributed by atoms with van der Waals surface area (Å²) in [6, 6.07) is 14.2. The minimum Gasteiger partial charge on any atom is -0.441 e. The SMILES string of the molecule is Brc1c(Cc2ccccc2)oc2ncccc12. The maximum Gasteiger partial charge on any atom is 0.227 e. The number of aromatic nitrogens is 1. The van der Waals surface area contributed by atoms with Crippen LogP contribution in [-0.2, 0) is 6.42 Å². The van der Waals surface area contributed by atoms with E-state index < -0.39 is 0 Å². The molecule has 0 bridgehead atoms. The van der Waals surface area contributed by atoms with E-state index in [1.165, 1.54) is 5.56 Å². The normalized spacial score (nSPS) is 10.9. The fraction of sp³-hybridized carbons (Fsp3) is 0.0714. The van der Waals surface area contributed by atoms with Gasteiger partial charge >= 0.3 is 0 Å². The third kappa shape index (κ3) is 1.98. The van der Waals surface area contributed by atoms with Crippen LogP contribution in [-0.4, -0.2) is 4.98 Å². The number of halogens is 1. The van der Waals surface area contributed by atoms with E-state index in [2.05, 4.69) is 33.0 Å². The number of nitrogens with zero attached hydrogens (tertiary/aromatic N) is 1. The number of pyridine rings is 1. The van der Waals surface area contributed by atoms with E-state index in [0.29, 0.717) is 5.71 Å². The molecule has 3 aromatic rings. The summed E-state index contributed by atoms with van der Waals surface area (Å²) < 4.78 is 6.75. The van der Waals surface area contributed by atoms with Gasteiger partial charge in [0.25, 0.3) is 0 Å². The van der Waals surface area contributed by atoms with Gasteiger partial charge in [0, 0.05) is 12.6 Å². The first-order valence-corrected chi connectivity index (χ1v) is 6.20. The molecule has 3 rings (SSSR count). The molecule has 2 nitrogen and oxygen atoms in total. The van der Waals surface area contributed by atoms with Gasteiger partial charge in [-0.1, -0.05) is 30.3 Å². The minimum absolute atomic E-state index is 0.685. The third-order valence-electron chi connectivity index (χ3n) is 2.68. The molecular formula is C14H10BrNO. The molecule has 0 N–H and O–H groups in total. The van der Waals surface area contributed by atoms with E-state index >= 15 is 0 Å². The van der Waals surface area contributed by atoms with Gasteiger partial charge in [-0.3, -0.25) is 0 Å². The lowest BCUT2D eigenvalue weighted by atomic mass is 10.1. The predicted molar refractivity (Wildman–Crippen MR) is 71.0 cm³/mol. The van der Waals surface area contributed by atoms with E-state index in [4.69, 9.17) is 4.42 Å². The van der Waals surface area contributed by atoms with E-state index in [9.17, 15) is 0 Å². The summed E-state index contributed by atoms with van der Waals surface area (Å²) in [5, 5.41) is 1.03. The molecule has 0 spiro atoms. The second-order valence-corrected chi connectivity index (χ2v) is 4.65. The van der Waals surface area contributed by atoms with Crippen molar-refractivity contribution in [1.29, 1.82) is 0 Å². The van der Waals surface area contributed by atoms with Crippen LogP contribution in [0.5, 0.6) is 0 Å². The first-order chi connectivity index (χ1) is 8.34. The van der Waals surface area contributed by atoms with Crippen LogP contribution in [0, 0.1) is 0 Å². The van der Waals surface area contributed by atoms with E-state index in [1.807, 2.05) is 30.3 Å². The number of hydrogen-bond acceptors (Lipinski definition) is 2. The van der Waals surface area contributed by atoms with Gasteiger partial charge in [0.1, 0.15) is 5.76 Å². The molecule has 1 aromatic carbocycles. The second kappa shape index (κ2) is 4.34. The van der Waals surface area contributed by atoms with Gasteiger partial charge in [0.05, 0.1) is 9.86 Å². The number of benzene rings is 1. The first kappa shape index (κ1) is 10.5. The average molecular weight is 288 g/mol. The topological polar surface area (TPSA) is 26.0 Å². The largest absolute Gasteiger partial charge is 0.441 e. The Morgan fingerprint density at radius 3 is 2.65 bits per heavy atom. The zero-order valence-electron chi connectivity index (χ0n) is 9.06. The highest BCUT2D eigenvalue weighted by molar-refractivity contribution is 9.10. The maximum atomic E-state index is 5.74. The summed E-state index contributed by atoms with van der Waals surface area (Å²) in [5.41, 5.74) is 1.91. The van der Waals surface area contributed by atoms with Crippen molar-refractivity contribution >= 4 is 27.0 Å². The molecule has 0 aliphatic heterocycles. The Morgan fingerprint density at radius 2 is 1.88 bits per heavy atom. The van der Waals surface area contributed by atoms with E-state index in [1.54, 1.807) is 6.20 Å². The Morgan fingerprint density at radius 1 is 1.06 bits per heavy atom. The van der Waals surface area contributed by atoms with Crippen LogP contribution in [0.1, 0.15) is 11.3 Å². The summed E-state index contributed by atoms with van der Waals surface area (Å²) in [5.74, 6) is 0.921. The summed E-state index contributed by atoms with van der Waals surface area (Å²) in [4.78, 5) is 4.21. The van der Waals surface area contributed by atoms with Crippen molar-refractivity contribution in [3.8, 4) is 0 Å². The Balaban J connectivity index is 2.04. The van der Waals surface area contributed by atoms with Crippen LogP contribution in [0.3, 0.4) is 0 Å². The van der Waals surface area contributed by atoms with Crippen molar-refractivity contribution < 1.29 is 4.42 Å². The molecule has 0 unspecified atom stereocenters. The van der Waals surface area contributed by atoms with Crippen LogP contribution >= 0.6 is 15.9 Å². The molecule has 17 heavy (non-hydrogen) atoms. The molecule has 0 aliphatic rings. The Kier molecular flexibility index (Phi) is 2.69. The van der Waals surface area contributed by atoms with Crippen LogP contribution in [0.4, 0.5) is 0 Å². The van der Waals surface area contributed by atoms with Crippen molar-refractivity contribution in [3.63, 3.8) is 0 Å². The molecule has 0 fully saturated rings. The Labute approximate surface area is 107 Å². The highest BCUT2D eigenvalue weighted by Gasteiger charge is 2.12. The smallest absolute Gasteiger partial charge is 0.227 e. The highest BCUT2D eigenvalue weighted by atomic mass is 79.9. The minimum atomic E-state index is 0.685. The molecule has 0 aliphatic carbocycles. The van der Waals surface area contributed by atoms with E-state index in [-0.39, 0.29) is 0 Å². The molecule has 0 radical (unpaired) electrons. The molecule has 0 saturated carbocycles. The fourth-order valence-electron chi connectivity index (χ4n) is 1.85. The number of fused-ring (bicyclic) bond motifs is 1. The van der Waals surface area contributed by atoms with Crippen molar-refractivity contribution in [2.24, 2.45) is 0 Å². The lowest BCUT2D eigenvalue weighted by molar-refractivity contribution is 0.550. The fourth-order valence-corrected chi connectivity index (χ4v) is 2.37. The summed E-state index contributed by atoms with van der Waals surface area (Å²) >= 11 is 3.58. The molecule has 0 amide bonds. The average Bonchev–Trinajstić information content (AvgIpc) is 2.68. The Hall–Kier alpha value is -1.61. The van der Waals surface area contributed by atoms with Gasteiger partial charge in [-0.25, -0.2) is 4.98 Å².